The van der Waals surface area contributed by atoms with Crippen molar-refractivity contribution in [3.8, 4) is 11.3 Å². The topological polar surface area (TPSA) is 122 Å². The number of carboxylic acid groups (broad SMARTS) is 1. The van der Waals surface area contributed by atoms with E-state index in [4.69, 9.17) is 4.42 Å². The second kappa shape index (κ2) is 7.81. The lowest BCUT2D eigenvalue weighted by Crippen LogP contribution is -2.47. The molecule has 3 rings (SSSR count). The molecule has 0 bridgehead atoms. The third kappa shape index (κ3) is 3.90. The Morgan fingerprint density at radius 3 is 2.35 bits per heavy atom. The minimum Gasteiger partial charge on any atom is -0.481 e. The maximum Gasteiger partial charge on any atom is 0.307 e. The first kappa shape index (κ1) is 17.7. The Balaban J connectivity index is 1.58. The molecule has 8 heteroatoms. The van der Waals surface area contributed by atoms with Gasteiger partial charge in [0.2, 0.25) is 5.91 Å². The fourth-order valence-corrected chi connectivity index (χ4v) is 3.17. The molecule has 0 saturated heterocycles. The van der Waals surface area contributed by atoms with Crippen LogP contribution in [0.5, 0.6) is 0 Å². The number of carbonyl (C=O) groups excluding carboxylic acids is 2. The smallest absolute Gasteiger partial charge is 0.307 e. The number of benzene rings is 1. The fraction of sp³-hybridized carbons (Fsp3) is 0.333. The van der Waals surface area contributed by atoms with Crippen LogP contribution in [-0.2, 0) is 9.59 Å². The van der Waals surface area contributed by atoms with E-state index >= 15 is 0 Å². The fourth-order valence-electron chi connectivity index (χ4n) is 3.17. The molecular formula is C18H19N3O5. The Hall–Kier alpha value is -3.16. The van der Waals surface area contributed by atoms with E-state index in [0.717, 1.165) is 18.4 Å². The molecule has 1 aliphatic carbocycles. The van der Waals surface area contributed by atoms with Gasteiger partial charge in [-0.1, -0.05) is 25.0 Å². The maximum absolute atomic E-state index is 12.2. The highest BCUT2D eigenvalue weighted by molar-refractivity contribution is 5.96. The van der Waals surface area contributed by atoms with Crippen molar-refractivity contribution in [1.82, 2.24) is 15.8 Å². The highest BCUT2D eigenvalue weighted by Gasteiger charge is 2.35. The Labute approximate surface area is 149 Å². The summed E-state index contributed by atoms with van der Waals surface area (Å²) < 4.78 is 5.18. The molecule has 1 aliphatic rings. The number of amides is 2. The molecule has 3 N–H and O–H groups in total. The summed E-state index contributed by atoms with van der Waals surface area (Å²) >= 11 is 0. The second-order valence-corrected chi connectivity index (χ2v) is 6.22. The van der Waals surface area contributed by atoms with Gasteiger partial charge in [-0.15, -0.1) is 0 Å². The molecule has 0 aliphatic heterocycles. The zero-order valence-corrected chi connectivity index (χ0v) is 14.0. The molecule has 1 aromatic carbocycles. The van der Waals surface area contributed by atoms with Gasteiger partial charge in [0, 0.05) is 11.1 Å². The van der Waals surface area contributed by atoms with Crippen molar-refractivity contribution in [3.63, 3.8) is 0 Å². The van der Waals surface area contributed by atoms with E-state index in [2.05, 4.69) is 15.8 Å². The van der Waals surface area contributed by atoms with Gasteiger partial charge in [0.05, 0.1) is 18.0 Å². The molecule has 1 aromatic heterocycles. The lowest BCUT2D eigenvalue weighted by molar-refractivity contribution is -0.149. The lowest BCUT2D eigenvalue weighted by atomic mass is 9.79. The van der Waals surface area contributed by atoms with E-state index in [0.29, 0.717) is 24.2 Å². The van der Waals surface area contributed by atoms with E-state index in [-0.39, 0.29) is 0 Å². The molecule has 1 saturated carbocycles. The second-order valence-electron chi connectivity index (χ2n) is 6.22. The summed E-state index contributed by atoms with van der Waals surface area (Å²) in [6, 6.07) is 6.61. The molecule has 1 fully saturated rings. The SMILES string of the molecule is O=C(NNC(=O)C1CCCCC1C(=O)O)c1ccc(-c2cnco2)cc1. The van der Waals surface area contributed by atoms with E-state index in [1.54, 1.807) is 30.5 Å². The van der Waals surface area contributed by atoms with Crippen molar-refractivity contribution < 1.29 is 23.9 Å². The Morgan fingerprint density at radius 1 is 1.04 bits per heavy atom. The van der Waals surface area contributed by atoms with Crippen LogP contribution in [0.3, 0.4) is 0 Å². The predicted molar refractivity (Wildman–Crippen MR) is 90.6 cm³/mol. The number of aliphatic carboxylic acids is 1. The van der Waals surface area contributed by atoms with Crippen molar-refractivity contribution in [3.05, 3.63) is 42.4 Å². The third-order valence-electron chi connectivity index (χ3n) is 4.58. The van der Waals surface area contributed by atoms with Gasteiger partial charge in [0.1, 0.15) is 0 Å². The van der Waals surface area contributed by atoms with Crippen LogP contribution >= 0.6 is 0 Å². The molecule has 1 heterocycles. The number of hydrogen-bond acceptors (Lipinski definition) is 5. The Kier molecular flexibility index (Phi) is 5.31. The lowest BCUT2D eigenvalue weighted by Gasteiger charge is -2.27. The van der Waals surface area contributed by atoms with Gasteiger partial charge >= 0.3 is 5.97 Å². The van der Waals surface area contributed by atoms with Crippen molar-refractivity contribution in [1.29, 1.82) is 0 Å². The van der Waals surface area contributed by atoms with Crippen molar-refractivity contribution in [2.24, 2.45) is 11.8 Å². The van der Waals surface area contributed by atoms with Crippen molar-refractivity contribution in [2.75, 3.05) is 0 Å². The number of carbonyl (C=O) groups is 3. The van der Waals surface area contributed by atoms with Crippen molar-refractivity contribution >= 4 is 17.8 Å². The maximum atomic E-state index is 12.2. The number of rotatable bonds is 4. The number of hydrogen-bond donors (Lipinski definition) is 3. The van der Waals surface area contributed by atoms with Crippen LogP contribution < -0.4 is 10.9 Å². The Bertz CT molecular complexity index is 786. The molecule has 2 aromatic rings. The van der Waals surface area contributed by atoms with Gasteiger partial charge in [-0.05, 0) is 25.0 Å². The number of aromatic nitrogens is 1. The van der Waals surface area contributed by atoms with Gasteiger partial charge in [-0.25, -0.2) is 4.98 Å². The molecule has 2 unspecified atom stereocenters. The van der Waals surface area contributed by atoms with E-state index in [9.17, 15) is 19.5 Å². The van der Waals surface area contributed by atoms with Crippen LogP contribution in [0.15, 0.2) is 41.3 Å². The number of hydrazine groups is 1. The summed E-state index contributed by atoms with van der Waals surface area (Å²) in [4.78, 5) is 39.5. The van der Waals surface area contributed by atoms with E-state index in [1.807, 2.05) is 0 Å². The zero-order chi connectivity index (χ0) is 18.5. The average Bonchev–Trinajstić information content (AvgIpc) is 3.20. The van der Waals surface area contributed by atoms with Crippen molar-refractivity contribution in [2.45, 2.75) is 25.7 Å². The number of nitrogens with one attached hydrogen (secondary N) is 2. The largest absolute Gasteiger partial charge is 0.481 e. The minimum absolute atomic E-state index is 0.354. The zero-order valence-electron chi connectivity index (χ0n) is 14.0. The van der Waals surface area contributed by atoms with E-state index in [1.165, 1.54) is 6.39 Å². The summed E-state index contributed by atoms with van der Waals surface area (Å²) in [5.74, 6) is -2.67. The summed E-state index contributed by atoms with van der Waals surface area (Å²) in [7, 11) is 0. The number of nitrogens with zero attached hydrogens (tertiary/aromatic N) is 1. The first-order chi connectivity index (χ1) is 12.6. The van der Waals surface area contributed by atoms with Crippen LogP contribution in [-0.4, -0.2) is 27.9 Å². The third-order valence-corrected chi connectivity index (χ3v) is 4.58. The number of oxazole rings is 1. The first-order valence-electron chi connectivity index (χ1n) is 8.38. The van der Waals surface area contributed by atoms with Gasteiger partial charge in [0.25, 0.3) is 5.91 Å². The quantitative estimate of drug-likeness (QED) is 0.720. The van der Waals surface area contributed by atoms with Gasteiger partial charge in [-0.3, -0.25) is 25.2 Å². The average molecular weight is 357 g/mol. The Morgan fingerprint density at radius 2 is 1.73 bits per heavy atom. The highest BCUT2D eigenvalue weighted by Crippen LogP contribution is 2.30. The minimum atomic E-state index is -0.973. The van der Waals surface area contributed by atoms with Gasteiger partial charge < -0.3 is 9.52 Å². The van der Waals surface area contributed by atoms with E-state index < -0.39 is 29.6 Å². The predicted octanol–water partition coefficient (Wildman–Crippen LogP) is 1.99. The monoisotopic (exact) mass is 357 g/mol. The number of carboxylic acids is 1. The summed E-state index contributed by atoms with van der Waals surface area (Å²) in [5, 5.41) is 9.24. The molecule has 0 radical (unpaired) electrons. The van der Waals surface area contributed by atoms with Crippen LogP contribution in [0.4, 0.5) is 0 Å². The van der Waals surface area contributed by atoms with Crippen LogP contribution in [0.1, 0.15) is 36.0 Å². The molecule has 26 heavy (non-hydrogen) atoms. The van der Waals surface area contributed by atoms with Crippen LogP contribution in [0.2, 0.25) is 0 Å². The summed E-state index contributed by atoms with van der Waals surface area (Å²) in [6.07, 6.45) is 5.47. The molecule has 2 atom stereocenters. The molecule has 136 valence electrons. The van der Waals surface area contributed by atoms with Crippen LogP contribution in [0, 0.1) is 11.8 Å². The van der Waals surface area contributed by atoms with Crippen LogP contribution in [0.25, 0.3) is 11.3 Å². The summed E-state index contributed by atoms with van der Waals surface area (Å²) in [6.45, 7) is 0. The molecule has 2 amide bonds. The molecule has 8 nitrogen and oxygen atoms in total. The summed E-state index contributed by atoms with van der Waals surface area (Å²) in [5.41, 5.74) is 5.82. The van der Waals surface area contributed by atoms with Gasteiger partial charge in [0.15, 0.2) is 12.2 Å². The standard InChI is InChI=1S/C18H19N3O5/c22-16(12-7-5-11(6-8-12)15-9-19-10-26-15)20-21-17(23)13-3-1-2-4-14(13)18(24)25/h5-10,13-14H,1-4H2,(H,20,22)(H,21,23)(H,24,25). The molecule has 0 spiro atoms. The van der Waals surface area contributed by atoms with Gasteiger partial charge in [-0.2, -0.15) is 0 Å². The molecular weight excluding hydrogens is 338 g/mol. The highest BCUT2D eigenvalue weighted by atomic mass is 16.4. The first-order valence-corrected chi connectivity index (χ1v) is 8.38. The normalized spacial score (nSPS) is 19.5.